The number of nitrogens with zero attached hydrogens (tertiary/aromatic N) is 6. The molecule has 214 valence electrons. The van der Waals surface area contributed by atoms with Crippen LogP contribution in [0.2, 0.25) is 0 Å². The lowest BCUT2D eigenvalue weighted by Gasteiger charge is -2.27. The van der Waals surface area contributed by atoms with Crippen molar-refractivity contribution in [3.05, 3.63) is 141 Å². The molecule has 10 heteroatoms. The topological polar surface area (TPSA) is 154 Å². The summed E-state index contributed by atoms with van der Waals surface area (Å²) in [4.78, 5) is 0. The number of para-hydroxylation sites is 2. The molecule has 3 aromatic carbocycles. The maximum absolute atomic E-state index is 10.1. The molecule has 0 fully saturated rings. The molecule has 44 heavy (non-hydrogen) atoms. The third kappa shape index (κ3) is 4.01. The van der Waals surface area contributed by atoms with Crippen LogP contribution in [-0.2, 0) is 0 Å². The van der Waals surface area contributed by atoms with E-state index in [9.17, 15) is 10.5 Å². The molecule has 0 spiro atoms. The fourth-order valence-corrected chi connectivity index (χ4v) is 6.06. The predicted molar refractivity (Wildman–Crippen MR) is 162 cm³/mol. The Morgan fingerprint density at radius 3 is 1.32 bits per heavy atom. The van der Waals surface area contributed by atoms with Crippen LogP contribution in [0.15, 0.2) is 108 Å². The first-order valence-electron chi connectivity index (χ1n) is 14.0. The zero-order chi connectivity index (χ0) is 30.5. The molecule has 2 atom stereocenters. The SMILES string of the molecule is Cc1nn(-c2ccccc2)c2c1C(c1ccc(C3C(C#N)=C(N)Oc4c3c(C)nn4-c3ccccc3)cc1)C(C#N)=C(N)O2. The van der Waals surface area contributed by atoms with Gasteiger partial charge in [-0.25, -0.2) is 9.36 Å². The minimum Gasteiger partial charge on any atom is -0.422 e. The highest BCUT2D eigenvalue weighted by Gasteiger charge is 2.38. The van der Waals surface area contributed by atoms with Crippen molar-refractivity contribution in [2.75, 3.05) is 0 Å². The number of hydrogen-bond acceptors (Lipinski definition) is 8. The third-order valence-corrected chi connectivity index (χ3v) is 8.07. The Labute approximate surface area is 253 Å². The second kappa shape index (κ2) is 10.2. The molecular formula is C34H26N8O2. The number of aryl methyl sites for hydroxylation is 2. The highest BCUT2D eigenvalue weighted by molar-refractivity contribution is 5.60. The van der Waals surface area contributed by atoms with Crippen LogP contribution in [-0.4, -0.2) is 19.6 Å². The number of ether oxygens (including phenoxy) is 2. The number of benzene rings is 3. The van der Waals surface area contributed by atoms with Crippen molar-refractivity contribution in [3.8, 4) is 35.3 Å². The zero-order valence-electron chi connectivity index (χ0n) is 23.9. The smallest absolute Gasteiger partial charge is 0.229 e. The summed E-state index contributed by atoms with van der Waals surface area (Å²) in [5.74, 6) is 0.0103. The Hall–Kier alpha value is -6.26. The number of fused-ring (bicyclic) bond motifs is 2. The van der Waals surface area contributed by atoms with Crippen LogP contribution in [0.3, 0.4) is 0 Å². The summed E-state index contributed by atoms with van der Waals surface area (Å²) in [6.45, 7) is 3.78. The van der Waals surface area contributed by atoms with Gasteiger partial charge in [0.05, 0.1) is 45.7 Å². The van der Waals surface area contributed by atoms with E-state index in [4.69, 9.17) is 31.1 Å². The number of allylic oxidation sites excluding steroid dienone is 2. The van der Waals surface area contributed by atoms with Gasteiger partial charge in [0, 0.05) is 0 Å². The third-order valence-electron chi connectivity index (χ3n) is 8.07. The minimum atomic E-state index is -0.501. The highest BCUT2D eigenvalue weighted by atomic mass is 16.5. The summed E-state index contributed by atoms with van der Waals surface area (Å²) < 4.78 is 15.4. The first kappa shape index (κ1) is 26.6. The van der Waals surface area contributed by atoms with Crippen LogP contribution in [0.4, 0.5) is 0 Å². The fourth-order valence-electron chi connectivity index (χ4n) is 6.06. The number of nitrogens with two attached hydrogens (primary N) is 2. The van der Waals surface area contributed by atoms with E-state index in [0.717, 1.165) is 45.0 Å². The van der Waals surface area contributed by atoms with E-state index in [1.807, 2.05) is 98.8 Å². The van der Waals surface area contributed by atoms with Gasteiger partial charge in [-0.15, -0.1) is 0 Å². The first-order valence-corrected chi connectivity index (χ1v) is 14.0. The van der Waals surface area contributed by atoms with Crippen LogP contribution >= 0.6 is 0 Å². The van der Waals surface area contributed by atoms with Gasteiger partial charge in [0.1, 0.15) is 23.3 Å². The molecular weight excluding hydrogens is 552 g/mol. The van der Waals surface area contributed by atoms with Gasteiger partial charge in [-0.3, -0.25) is 0 Å². The summed E-state index contributed by atoms with van der Waals surface area (Å²) in [6, 6.07) is 31.5. The second-order valence-corrected chi connectivity index (χ2v) is 10.6. The Balaban J connectivity index is 1.34. The number of rotatable bonds is 4. The molecule has 4 N–H and O–H groups in total. The normalized spacial score (nSPS) is 17.2. The van der Waals surface area contributed by atoms with E-state index in [-0.39, 0.29) is 11.8 Å². The molecule has 0 radical (unpaired) electrons. The molecule has 0 amide bonds. The summed E-state index contributed by atoms with van der Waals surface area (Å²) in [5, 5.41) is 29.8. The second-order valence-electron chi connectivity index (χ2n) is 10.6. The molecule has 4 heterocycles. The largest absolute Gasteiger partial charge is 0.422 e. The van der Waals surface area contributed by atoms with E-state index in [0.29, 0.717) is 22.9 Å². The summed E-state index contributed by atoms with van der Waals surface area (Å²) >= 11 is 0. The molecule has 7 rings (SSSR count). The average Bonchev–Trinajstić information content (AvgIpc) is 3.56. The Bertz CT molecular complexity index is 1920. The Kier molecular flexibility index (Phi) is 6.19. The quantitative estimate of drug-likeness (QED) is 0.298. The zero-order valence-corrected chi connectivity index (χ0v) is 23.9. The summed E-state index contributed by atoms with van der Waals surface area (Å²) in [6.07, 6.45) is 0. The maximum Gasteiger partial charge on any atom is 0.229 e. The van der Waals surface area contributed by atoms with Crippen molar-refractivity contribution < 1.29 is 9.47 Å². The molecule has 2 aliphatic rings. The number of nitriles is 2. The van der Waals surface area contributed by atoms with E-state index < -0.39 is 11.8 Å². The fraction of sp³-hybridized carbons (Fsp3) is 0.118. The Morgan fingerprint density at radius 1 is 0.614 bits per heavy atom. The van der Waals surface area contributed by atoms with Gasteiger partial charge < -0.3 is 20.9 Å². The van der Waals surface area contributed by atoms with Crippen LogP contribution < -0.4 is 20.9 Å². The number of aromatic nitrogens is 4. The highest BCUT2D eigenvalue weighted by Crippen LogP contribution is 2.47. The van der Waals surface area contributed by atoms with Crippen molar-refractivity contribution in [1.29, 1.82) is 10.5 Å². The lowest BCUT2D eigenvalue weighted by atomic mass is 9.81. The lowest BCUT2D eigenvalue weighted by Crippen LogP contribution is -2.23. The van der Waals surface area contributed by atoms with Gasteiger partial charge in [-0.05, 0) is 49.2 Å². The van der Waals surface area contributed by atoms with E-state index >= 15 is 0 Å². The molecule has 10 nitrogen and oxygen atoms in total. The Morgan fingerprint density at radius 2 is 0.977 bits per heavy atom. The van der Waals surface area contributed by atoms with Crippen molar-refractivity contribution in [3.63, 3.8) is 0 Å². The molecule has 0 bridgehead atoms. The average molecular weight is 579 g/mol. The molecule has 5 aromatic rings. The minimum absolute atomic E-state index is 0.0339. The first-order chi connectivity index (χ1) is 21.4. The van der Waals surface area contributed by atoms with Gasteiger partial charge in [0.15, 0.2) is 0 Å². The van der Waals surface area contributed by atoms with Gasteiger partial charge >= 0.3 is 0 Å². The van der Waals surface area contributed by atoms with Gasteiger partial charge in [0.25, 0.3) is 0 Å². The molecule has 2 unspecified atom stereocenters. The molecule has 0 saturated heterocycles. The van der Waals surface area contributed by atoms with Crippen molar-refractivity contribution >= 4 is 0 Å². The maximum atomic E-state index is 10.1. The van der Waals surface area contributed by atoms with Crippen LogP contribution in [0.25, 0.3) is 11.4 Å². The van der Waals surface area contributed by atoms with E-state index in [1.54, 1.807) is 9.36 Å². The van der Waals surface area contributed by atoms with Crippen molar-refractivity contribution in [2.45, 2.75) is 25.7 Å². The van der Waals surface area contributed by atoms with Crippen LogP contribution in [0.1, 0.15) is 45.5 Å². The standard InChI is InChI=1S/C34H26N8O2/c1-19-27-29(25(17-35)31(37)43-33(27)41(39-19)23-9-5-3-6-10-23)21-13-15-22(16-14-21)30-26(18-36)32(38)44-34-28(30)20(2)40-42(34)24-11-7-4-8-12-24/h3-16,29-30H,37-38H2,1-2H3. The molecule has 2 aromatic heterocycles. The van der Waals surface area contributed by atoms with Crippen molar-refractivity contribution in [1.82, 2.24) is 19.6 Å². The van der Waals surface area contributed by atoms with Gasteiger partial charge in [-0.1, -0.05) is 60.7 Å². The lowest BCUT2D eigenvalue weighted by molar-refractivity contribution is 0.366. The van der Waals surface area contributed by atoms with Crippen molar-refractivity contribution in [2.24, 2.45) is 11.5 Å². The van der Waals surface area contributed by atoms with E-state index in [1.165, 1.54) is 0 Å². The van der Waals surface area contributed by atoms with Gasteiger partial charge in [-0.2, -0.15) is 20.7 Å². The summed E-state index contributed by atoms with van der Waals surface area (Å²) in [5.41, 5.74) is 19.5. The molecule has 2 aliphatic heterocycles. The van der Waals surface area contributed by atoms with Crippen LogP contribution in [0.5, 0.6) is 11.8 Å². The van der Waals surface area contributed by atoms with Crippen LogP contribution in [0, 0.1) is 36.5 Å². The number of hydrogen-bond donors (Lipinski definition) is 2. The van der Waals surface area contributed by atoms with Gasteiger partial charge in [0.2, 0.25) is 23.5 Å². The molecule has 0 saturated carbocycles. The predicted octanol–water partition coefficient (Wildman–Crippen LogP) is 5.11. The molecule has 0 aliphatic carbocycles. The monoisotopic (exact) mass is 578 g/mol. The summed E-state index contributed by atoms with van der Waals surface area (Å²) in [7, 11) is 0. The van der Waals surface area contributed by atoms with E-state index in [2.05, 4.69) is 12.1 Å².